The summed E-state index contributed by atoms with van der Waals surface area (Å²) in [4.78, 5) is 6.67. The lowest BCUT2D eigenvalue weighted by molar-refractivity contribution is -0.0679. The Kier molecular flexibility index (Phi) is 11.7. The van der Waals surface area contributed by atoms with Crippen LogP contribution < -0.4 is 15.4 Å². The first-order chi connectivity index (χ1) is 13.0. The van der Waals surface area contributed by atoms with Crippen molar-refractivity contribution in [2.24, 2.45) is 4.99 Å². The maximum Gasteiger partial charge on any atom is 0.191 e. The van der Waals surface area contributed by atoms with E-state index in [1.165, 1.54) is 6.07 Å². The lowest BCUT2D eigenvalue weighted by Gasteiger charge is -2.35. The first kappa shape index (κ1) is 24.9. The summed E-state index contributed by atoms with van der Waals surface area (Å²) in [5, 5.41) is 6.53. The number of rotatable bonds is 8. The van der Waals surface area contributed by atoms with E-state index in [4.69, 9.17) is 9.47 Å². The van der Waals surface area contributed by atoms with Gasteiger partial charge in [0, 0.05) is 33.2 Å². The van der Waals surface area contributed by atoms with Crippen molar-refractivity contribution >= 4 is 29.9 Å². The molecular formula is C20H34FIN4O2. The zero-order valence-electron chi connectivity index (χ0n) is 17.3. The van der Waals surface area contributed by atoms with E-state index in [9.17, 15) is 4.39 Å². The van der Waals surface area contributed by atoms with Crippen LogP contribution in [0.4, 0.5) is 4.39 Å². The fourth-order valence-electron chi connectivity index (χ4n) is 3.24. The molecule has 1 fully saturated rings. The Bertz CT molecular complexity index is 595. The molecule has 0 spiro atoms. The van der Waals surface area contributed by atoms with E-state index < -0.39 is 0 Å². The van der Waals surface area contributed by atoms with Gasteiger partial charge in [0.05, 0.1) is 18.8 Å². The van der Waals surface area contributed by atoms with Crippen LogP contribution in [0.3, 0.4) is 0 Å². The van der Waals surface area contributed by atoms with Gasteiger partial charge in [-0.15, -0.1) is 24.0 Å². The summed E-state index contributed by atoms with van der Waals surface area (Å²) in [7, 11) is 1.74. The topological polar surface area (TPSA) is 58.1 Å². The number of para-hydroxylation sites is 1. The molecule has 6 nitrogen and oxygen atoms in total. The predicted octanol–water partition coefficient (Wildman–Crippen LogP) is 2.88. The molecule has 28 heavy (non-hydrogen) atoms. The zero-order chi connectivity index (χ0) is 19.6. The van der Waals surface area contributed by atoms with Crippen molar-refractivity contribution in [3.63, 3.8) is 0 Å². The van der Waals surface area contributed by atoms with Crippen LogP contribution in [0.25, 0.3) is 0 Å². The number of guanidine groups is 1. The fraction of sp³-hybridized carbons (Fsp3) is 0.650. The first-order valence-electron chi connectivity index (χ1n) is 9.71. The smallest absolute Gasteiger partial charge is 0.191 e. The van der Waals surface area contributed by atoms with Crippen LogP contribution in [-0.4, -0.2) is 68.9 Å². The zero-order valence-corrected chi connectivity index (χ0v) is 19.6. The molecule has 0 radical (unpaired) electrons. The molecule has 8 heteroatoms. The van der Waals surface area contributed by atoms with Gasteiger partial charge < -0.3 is 20.1 Å². The van der Waals surface area contributed by atoms with Gasteiger partial charge in [0.25, 0.3) is 0 Å². The van der Waals surface area contributed by atoms with Gasteiger partial charge in [-0.25, -0.2) is 4.39 Å². The summed E-state index contributed by atoms with van der Waals surface area (Å²) in [5.41, 5.74) is 0. The molecule has 0 saturated carbocycles. The number of nitrogens with one attached hydrogen (secondary N) is 2. The fourth-order valence-corrected chi connectivity index (χ4v) is 3.24. The van der Waals surface area contributed by atoms with Gasteiger partial charge in [0.1, 0.15) is 6.10 Å². The molecule has 1 aromatic carbocycles. The monoisotopic (exact) mass is 508 g/mol. The summed E-state index contributed by atoms with van der Waals surface area (Å²) < 4.78 is 25.0. The van der Waals surface area contributed by atoms with E-state index in [-0.39, 0.29) is 41.6 Å². The molecule has 1 aliphatic heterocycles. The summed E-state index contributed by atoms with van der Waals surface area (Å²) in [6.45, 7) is 10.5. The van der Waals surface area contributed by atoms with E-state index in [2.05, 4.69) is 34.4 Å². The number of ether oxygens (including phenoxy) is 2. The van der Waals surface area contributed by atoms with Gasteiger partial charge in [0.15, 0.2) is 17.5 Å². The van der Waals surface area contributed by atoms with Gasteiger partial charge in [-0.3, -0.25) is 9.89 Å². The normalized spacial score (nSPS) is 21.5. The number of halogens is 2. The van der Waals surface area contributed by atoms with Crippen LogP contribution in [0.2, 0.25) is 0 Å². The lowest BCUT2D eigenvalue weighted by Crippen LogP contribution is -2.46. The molecule has 0 aromatic heterocycles. The van der Waals surface area contributed by atoms with Gasteiger partial charge in [-0.05, 0) is 39.3 Å². The van der Waals surface area contributed by atoms with Crippen molar-refractivity contribution in [2.75, 3.05) is 39.8 Å². The van der Waals surface area contributed by atoms with Crippen LogP contribution in [0, 0.1) is 5.82 Å². The standard InChI is InChI=1S/C20H33FN4O2.HI/c1-15(27-19-9-6-5-8-18(19)21)12-24-20(22-4)23-10-7-11-25-13-16(2)26-17(3)14-25;/h5-6,8-9,15-17H,7,10-14H2,1-4H3,(H2,22,23,24);1H. The number of hydrogen-bond acceptors (Lipinski definition) is 4. The number of hydrogen-bond donors (Lipinski definition) is 2. The van der Waals surface area contributed by atoms with Gasteiger partial charge in [-0.2, -0.15) is 0 Å². The Morgan fingerprint density at radius 3 is 2.61 bits per heavy atom. The Morgan fingerprint density at radius 2 is 1.96 bits per heavy atom. The minimum Gasteiger partial charge on any atom is -0.486 e. The van der Waals surface area contributed by atoms with Gasteiger partial charge >= 0.3 is 0 Å². The molecule has 1 aliphatic rings. The van der Waals surface area contributed by atoms with Crippen molar-refractivity contribution in [3.8, 4) is 5.75 Å². The maximum absolute atomic E-state index is 13.6. The minimum absolute atomic E-state index is 0. The van der Waals surface area contributed by atoms with Gasteiger partial charge in [-0.1, -0.05) is 12.1 Å². The molecule has 3 unspecified atom stereocenters. The van der Waals surface area contributed by atoms with Gasteiger partial charge in [0.2, 0.25) is 0 Å². The van der Waals surface area contributed by atoms with Crippen LogP contribution in [-0.2, 0) is 4.74 Å². The number of benzene rings is 1. The summed E-state index contributed by atoms with van der Waals surface area (Å²) in [5.74, 6) is 0.644. The molecule has 160 valence electrons. The molecule has 0 amide bonds. The summed E-state index contributed by atoms with van der Waals surface area (Å²) >= 11 is 0. The molecule has 0 aliphatic carbocycles. The predicted molar refractivity (Wildman–Crippen MR) is 122 cm³/mol. The molecule has 2 N–H and O–H groups in total. The number of aliphatic imine (C=N–C) groups is 1. The molecular weight excluding hydrogens is 474 g/mol. The highest BCUT2D eigenvalue weighted by Crippen LogP contribution is 2.16. The van der Waals surface area contributed by atoms with E-state index >= 15 is 0 Å². The van der Waals surface area contributed by atoms with Crippen molar-refractivity contribution in [3.05, 3.63) is 30.1 Å². The largest absolute Gasteiger partial charge is 0.486 e. The number of nitrogens with zero attached hydrogens (tertiary/aromatic N) is 2. The molecule has 0 bridgehead atoms. The van der Waals surface area contributed by atoms with Crippen LogP contribution in [0.5, 0.6) is 5.75 Å². The van der Waals surface area contributed by atoms with Crippen molar-refractivity contribution in [1.29, 1.82) is 0 Å². The second kappa shape index (κ2) is 13.2. The third kappa shape index (κ3) is 8.91. The molecule has 1 aromatic rings. The quantitative estimate of drug-likeness (QED) is 0.245. The average Bonchev–Trinajstić information content (AvgIpc) is 2.62. The van der Waals surface area contributed by atoms with E-state index in [1.54, 1.807) is 25.2 Å². The van der Waals surface area contributed by atoms with Crippen LogP contribution in [0.15, 0.2) is 29.3 Å². The van der Waals surface area contributed by atoms with Crippen LogP contribution in [0.1, 0.15) is 27.2 Å². The van der Waals surface area contributed by atoms with E-state index in [1.807, 2.05) is 6.92 Å². The van der Waals surface area contributed by atoms with E-state index in [0.29, 0.717) is 18.8 Å². The second-order valence-corrected chi connectivity index (χ2v) is 7.11. The maximum atomic E-state index is 13.6. The van der Waals surface area contributed by atoms with Crippen molar-refractivity contribution < 1.29 is 13.9 Å². The van der Waals surface area contributed by atoms with Crippen molar-refractivity contribution in [1.82, 2.24) is 15.5 Å². The van der Waals surface area contributed by atoms with Crippen molar-refractivity contribution in [2.45, 2.75) is 45.5 Å². The minimum atomic E-state index is -0.349. The lowest BCUT2D eigenvalue weighted by atomic mass is 10.2. The molecule has 3 atom stereocenters. The number of morpholine rings is 1. The second-order valence-electron chi connectivity index (χ2n) is 7.11. The molecule has 2 rings (SSSR count). The highest BCUT2D eigenvalue weighted by atomic mass is 127. The van der Waals surface area contributed by atoms with Crippen LogP contribution >= 0.6 is 24.0 Å². The summed E-state index contributed by atoms with van der Waals surface area (Å²) in [6, 6.07) is 6.43. The first-order valence-corrected chi connectivity index (χ1v) is 9.71. The molecule has 1 saturated heterocycles. The Morgan fingerprint density at radius 1 is 1.29 bits per heavy atom. The summed E-state index contributed by atoms with van der Waals surface area (Å²) in [6.07, 6.45) is 1.44. The third-order valence-corrected chi connectivity index (χ3v) is 4.38. The highest BCUT2D eigenvalue weighted by molar-refractivity contribution is 14.0. The Hall–Kier alpha value is -1.13. The Balaban J connectivity index is 0.00000392. The van der Waals surface area contributed by atoms with E-state index in [0.717, 1.165) is 38.6 Å². The molecule has 1 heterocycles. The average molecular weight is 508 g/mol. The third-order valence-electron chi connectivity index (χ3n) is 4.38. The Labute approximate surface area is 185 Å². The highest BCUT2D eigenvalue weighted by Gasteiger charge is 2.21. The SMILES string of the molecule is CN=C(NCCCN1CC(C)OC(C)C1)NCC(C)Oc1ccccc1F.I.